The first kappa shape index (κ1) is 14.3. The summed E-state index contributed by atoms with van der Waals surface area (Å²) in [5, 5.41) is 15.1. The standard InChI is InChI=1S/C14H14F2N4O2/c15-12(16)11-10(17)7-20(19-11)9-3-1-8(2-4-9)14(5-6-14)18-13(21)22/h1-4,7,12,18H,5-6,17H2,(H,21,22). The Morgan fingerprint density at radius 2 is 2.00 bits per heavy atom. The van der Waals surface area contributed by atoms with Gasteiger partial charge < -0.3 is 16.2 Å². The van der Waals surface area contributed by atoms with E-state index in [2.05, 4.69) is 10.4 Å². The van der Waals surface area contributed by atoms with Gasteiger partial charge in [0, 0.05) is 0 Å². The van der Waals surface area contributed by atoms with Gasteiger partial charge in [0.1, 0.15) is 0 Å². The number of carboxylic acid groups (broad SMARTS) is 1. The molecule has 1 saturated carbocycles. The first-order valence-corrected chi connectivity index (χ1v) is 6.66. The van der Waals surface area contributed by atoms with Crippen LogP contribution < -0.4 is 11.1 Å². The van der Waals surface area contributed by atoms with Gasteiger partial charge in [0.15, 0.2) is 5.69 Å². The Kier molecular flexibility index (Phi) is 3.23. The first-order valence-electron chi connectivity index (χ1n) is 6.66. The number of nitrogens with zero attached hydrogens (tertiary/aromatic N) is 2. The van der Waals surface area contributed by atoms with Crippen molar-refractivity contribution in [2.45, 2.75) is 24.8 Å². The fourth-order valence-electron chi connectivity index (χ4n) is 2.45. The highest BCUT2D eigenvalue weighted by Crippen LogP contribution is 2.45. The Bertz CT molecular complexity index is 708. The van der Waals surface area contributed by atoms with Gasteiger partial charge in [-0.1, -0.05) is 12.1 Å². The van der Waals surface area contributed by atoms with Gasteiger partial charge in [-0.2, -0.15) is 5.10 Å². The maximum atomic E-state index is 12.7. The lowest BCUT2D eigenvalue weighted by atomic mass is 10.0. The van der Waals surface area contributed by atoms with Crippen molar-refractivity contribution in [3.05, 3.63) is 41.7 Å². The molecular weight excluding hydrogens is 294 g/mol. The predicted octanol–water partition coefficient (Wildman–Crippen LogP) is 2.65. The van der Waals surface area contributed by atoms with E-state index in [1.807, 2.05) is 0 Å². The highest BCUT2D eigenvalue weighted by molar-refractivity contribution is 5.67. The van der Waals surface area contributed by atoms with Crippen molar-refractivity contribution >= 4 is 11.8 Å². The minimum atomic E-state index is -2.73. The minimum Gasteiger partial charge on any atom is -0.465 e. The second kappa shape index (κ2) is 4.97. The summed E-state index contributed by atoms with van der Waals surface area (Å²) in [6.45, 7) is 0. The van der Waals surface area contributed by atoms with E-state index in [-0.39, 0.29) is 5.69 Å². The summed E-state index contributed by atoms with van der Waals surface area (Å²) in [5.74, 6) is 0. The molecule has 0 saturated heterocycles. The summed E-state index contributed by atoms with van der Waals surface area (Å²) in [5.41, 5.74) is 5.88. The summed E-state index contributed by atoms with van der Waals surface area (Å²) in [6.07, 6.45) is -0.983. The van der Waals surface area contributed by atoms with Crippen LogP contribution >= 0.6 is 0 Å². The van der Waals surface area contributed by atoms with Crippen LogP contribution in [0.2, 0.25) is 0 Å². The van der Waals surface area contributed by atoms with Crippen LogP contribution in [0.15, 0.2) is 30.5 Å². The maximum Gasteiger partial charge on any atom is 0.405 e. The second-order valence-electron chi connectivity index (χ2n) is 5.27. The number of halogens is 2. The number of carbonyl (C=O) groups is 1. The van der Waals surface area contributed by atoms with Crippen LogP contribution in [0.3, 0.4) is 0 Å². The molecule has 3 rings (SSSR count). The number of nitrogens with one attached hydrogen (secondary N) is 1. The molecule has 1 aromatic heterocycles. The molecule has 1 aliphatic carbocycles. The molecule has 0 unspecified atom stereocenters. The van der Waals surface area contributed by atoms with Crippen molar-refractivity contribution in [1.82, 2.24) is 15.1 Å². The summed E-state index contributed by atoms with van der Waals surface area (Å²) >= 11 is 0. The van der Waals surface area contributed by atoms with Crippen molar-refractivity contribution in [2.75, 3.05) is 5.73 Å². The molecule has 6 nitrogen and oxygen atoms in total. The van der Waals surface area contributed by atoms with Crippen LogP contribution in [-0.4, -0.2) is 21.0 Å². The second-order valence-corrected chi connectivity index (χ2v) is 5.27. The number of aromatic nitrogens is 2. The number of alkyl halides is 2. The SMILES string of the molecule is Nc1cn(-c2ccc(C3(NC(=O)O)CC3)cc2)nc1C(F)F. The van der Waals surface area contributed by atoms with E-state index < -0.39 is 23.8 Å². The molecule has 8 heteroatoms. The molecule has 2 aromatic rings. The topological polar surface area (TPSA) is 93.2 Å². The Morgan fingerprint density at radius 1 is 1.36 bits per heavy atom. The zero-order valence-corrected chi connectivity index (χ0v) is 11.5. The average molecular weight is 308 g/mol. The van der Waals surface area contributed by atoms with Gasteiger partial charge >= 0.3 is 6.09 Å². The first-order chi connectivity index (χ1) is 10.4. The van der Waals surface area contributed by atoms with Gasteiger partial charge in [-0.25, -0.2) is 18.3 Å². The van der Waals surface area contributed by atoms with E-state index in [1.165, 1.54) is 10.9 Å². The molecule has 0 radical (unpaired) electrons. The van der Waals surface area contributed by atoms with Gasteiger partial charge in [-0.05, 0) is 30.5 Å². The van der Waals surface area contributed by atoms with Crippen LogP contribution in [0.4, 0.5) is 19.3 Å². The Morgan fingerprint density at radius 3 is 2.45 bits per heavy atom. The van der Waals surface area contributed by atoms with Crippen LogP contribution in [0.1, 0.15) is 30.5 Å². The largest absolute Gasteiger partial charge is 0.465 e. The van der Waals surface area contributed by atoms with Gasteiger partial charge in [-0.3, -0.25) is 0 Å². The number of hydrogen-bond donors (Lipinski definition) is 3. The number of amides is 1. The highest BCUT2D eigenvalue weighted by atomic mass is 19.3. The lowest BCUT2D eigenvalue weighted by molar-refractivity contribution is 0.146. The van der Waals surface area contributed by atoms with Crippen molar-refractivity contribution in [3.63, 3.8) is 0 Å². The molecule has 0 spiro atoms. The molecule has 0 bridgehead atoms. The molecule has 1 heterocycles. The van der Waals surface area contributed by atoms with Gasteiger partial charge in [-0.15, -0.1) is 0 Å². The van der Waals surface area contributed by atoms with E-state index >= 15 is 0 Å². The quantitative estimate of drug-likeness (QED) is 0.809. The van der Waals surface area contributed by atoms with E-state index in [1.54, 1.807) is 24.3 Å². The summed E-state index contributed by atoms with van der Waals surface area (Å²) in [7, 11) is 0. The average Bonchev–Trinajstić information content (AvgIpc) is 3.12. The summed E-state index contributed by atoms with van der Waals surface area (Å²) in [4.78, 5) is 10.8. The van der Waals surface area contributed by atoms with Crippen molar-refractivity contribution in [3.8, 4) is 5.69 Å². The number of hydrogen-bond acceptors (Lipinski definition) is 3. The van der Waals surface area contributed by atoms with Crippen LogP contribution in [0.5, 0.6) is 0 Å². The highest BCUT2D eigenvalue weighted by Gasteiger charge is 2.45. The molecule has 0 atom stereocenters. The fourth-order valence-corrected chi connectivity index (χ4v) is 2.45. The monoisotopic (exact) mass is 308 g/mol. The van der Waals surface area contributed by atoms with Crippen LogP contribution in [-0.2, 0) is 5.54 Å². The zero-order valence-electron chi connectivity index (χ0n) is 11.5. The molecular formula is C14H14F2N4O2. The van der Waals surface area contributed by atoms with Crippen LogP contribution in [0, 0.1) is 0 Å². The lowest BCUT2D eigenvalue weighted by Crippen LogP contribution is -2.33. The minimum absolute atomic E-state index is 0.0646. The van der Waals surface area contributed by atoms with Gasteiger partial charge in [0.05, 0.1) is 23.1 Å². The molecule has 0 aliphatic heterocycles. The van der Waals surface area contributed by atoms with Crippen molar-refractivity contribution in [2.24, 2.45) is 0 Å². The molecule has 22 heavy (non-hydrogen) atoms. The third-order valence-electron chi connectivity index (χ3n) is 3.76. The Hall–Kier alpha value is -2.64. The molecule has 1 aliphatic rings. The summed E-state index contributed by atoms with van der Waals surface area (Å²) in [6, 6.07) is 6.91. The predicted molar refractivity (Wildman–Crippen MR) is 75.0 cm³/mol. The number of anilines is 1. The Balaban J connectivity index is 1.86. The molecule has 1 aromatic carbocycles. The van der Waals surface area contributed by atoms with E-state index in [9.17, 15) is 13.6 Å². The van der Waals surface area contributed by atoms with Crippen molar-refractivity contribution < 1.29 is 18.7 Å². The Labute approximate surface area is 124 Å². The third-order valence-corrected chi connectivity index (χ3v) is 3.76. The van der Waals surface area contributed by atoms with Gasteiger partial charge in [0.25, 0.3) is 6.43 Å². The molecule has 4 N–H and O–H groups in total. The zero-order chi connectivity index (χ0) is 15.9. The third kappa shape index (κ3) is 2.47. The number of benzene rings is 1. The summed E-state index contributed by atoms with van der Waals surface area (Å²) < 4.78 is 26.7. The number of nitrogen functional groups attached to an aromatic ring is 1. The molecule has 1 fully saturated rings. The van der Waals surface area contributed by atoms with E-state index in [4.69, 9.17) is 10.8 Å². The fraction of sp³-hybridized carbons (Fsp3) is 0.286. The normalized spacial score (nSPS) is 15.8. The van der Waals surface area contributed by atoms with Crippen LogP contribution in [0.25, 0.3) is 5.69 Å². The molecule has 1 amide bonds. The maximum absolute atomic E-state index is 12.7. The van der Waals surface area contributed by atoms with E-state index in [0.29, 0.717) is 5.69 Å². The smallest absolute Gasteiger partial charge is 0.405 e. The number of nitrogens with two attached hydrogens (primary N) is 1. The van der Waals surface area contributed by atoms with Gasteiger partial charge in [0.2, 0.25) is 0 Å². The van der Waals surface area contributed by atoms with Crippen molar-refractivity contribution in [1.29, 1.82) is 0 Å². The van der Waals surface area contributed by atoms with E-state index in [0.717, 1.165) is 18.4 Å². The molecule has 116 valence electrons. The number of rotatable bonds is 4. The lowest BCUT2D eigenvalue weighted by Gasteiger charge is -2.16.